The second-order valence-corrected chi connectivity index (χ2v) is 9.28. The lowest BCUT2D eigenvalue weighted by Crippen LogP contribution is -2.27. The van der Waals surface area contributed by atoms with E-state index in [-0.39, 0.29) is 5.56 Å². The highest BCUT2D eigenvalue weighted by atomic mass is 16.6. The molecule has 190 valence electrons. The molecular weight excluding hydrogens is 470 g/mol. The summed E-state index contributed by atoms with van der Waals surface area (Å²) in [6.45, 7) is 10.9. The van der Waals surface area contributed by atoms with E-state index >= 15 is 0 Å². The van der Waals surface area contributed by atoms with Gasteiger partial charge in [0.1, 0.15) is 17.7 Å². The molecule has 0 aliphatic carbocycles. The number of amides is 1. The van der Waals surface area contributed by atoms with E-state index in [1.807, 2.05) is 62.1 Å². The molecule has 0 radical (unpaired) electrons. The predicted molar refractivity (Wildman–Crippen MR) is 141 cm³/mol. The molecule has 0 aliphatic heterocycles. The Labute approximate surface area is 215 Å². The van der Waals surface area contributed by atoms with Gasteiger partial charge in [0, 0.05) is 41.9 Å². The molecule has 0 spiro atoms. The standard InChI is InChI=1S/C16H19N3O2.C12H10N2O2/c1-5-19-10-11(9-17)13-7-6-12(8-14(13)19)18-15(20)21-16(2,3)4;1-2-14-7-9(6-13)10-4-3-8(12(15)16)5-11(10)14/h6-8,10H,5H2,1-4H3,(H,18,20);3-5,7H,2H2,1H3,(H,15,16). The number of benzene rings is 2. The molecule has 2 aromatic heterocycles. The third-order valence-corrected chi connectivity index (χ3v) is 5.58. The van der Waals surface area contributed by atoms with Gasteiger partial charge in [0.15, 0.2) is 0 Å². The SMILES string of the molecule is CCn1cc(C#N)c2ccc(C(=O)O)cc21.CCn1cc(C#N)c2ccc(NC(=O)OC(C)(C)C)cc21. The zero-order chi connectivity index (χ0) is 27.3. The average Bonchev–Trinajstić information content (AvgIpc) is 3.39. The van der Waals surface area contributed by atoms with Gasteiger partial charge in [-0.1, -0.05) is 6.07 Å². The largest absolute Gasteiger partial charge is 0.478 e. The highest BCUT2D eigenvalue weighted by molar-refractivity contribution is 5.95. The number of hydrogen-bond donors (Lipinski definition) is 2. The molecule has 0 fully saturated rings. The summed E-state index contributed by atoms with van der Waals surface area (Å²) in [5, 5.41) is 31.4. The molecule has 0 saturated carbocycles. The van der Waals surface area contributed by atoms with E-state index in [9.17, 15) is 9.59 Å². The topological polar surface area (TPSA) is 133 Å². The number of ether oxygens (including phenoxy) is 1. The first-order valence-corrected chi connectivity index (χ1v) is 11.8. The third-order valence-electron chi connectivity index (χ3n) is 5.58. The van der Waals surface area contributed by atoms with Gasteiger partial charge in [-0.25, -0.2) is 9.59 Å². The van der Waals surface area contributed by atoms with Crippen LogP contribution in [-0.4, -0.2) is 31.9 Å². The zero-order valence-corrected chi connectivity index (χ0v) is 21.5. The first-order valence-electron chi connectivity index (χ1n) is 11.8. The van der Waals surface area contributed by atoms with Gasteiger partial charge in [-0.05, 0) is 65.0 Å². The fourth-order valence-corrected chi connectivity index (χ4v) is 3.92. The van der Waals surface area contributed by atoms with Crippen molar-refractivity contribution in [3.8, 4) is 12.1 Å². The van der Waals surface area contributed by atoms with Gasteiger partial charge < -0.3 is 19.0 Å². The summed E-state index contributed by atoms with van der Waals surface area (Å²) in [5.41, 5.74) is 3.27. The molecular formula is C28H29N5O4. The van der Waals surface area contributed by atoms with E-state index in [1.165, 1.54) is 6.07 Å². The van der Waals surface area contributed by atoms with Crippen LogP contribution in [0, 0.1) is 22.7 Å². The molecule has 4 rings (SSSR count). The first-order chi connectivity index (χ1) is 17.5. The molecule has 0 saturated heterocycles. The van der Waals surface area contributed by atoms with Gasteiger partial charge in [0.2, 0.25) is 0 Å². The number of aromatic nitrogens is 2. The number of anilines is 1. The minimum Gasteiger partial charge on any atom is -0.478 e. The van der Waals surface area contributed by atoms with Crippen molar-refractivity contribution in [3.63, 3.8) is 0 Å². The summed E-state index contributed by atoms with van der Waals surface area (Å²) in [6.07, 6.45) is 3.08. The number of nitrogens with zero attached hydrogens (tertiary/aromatic N) is 4. The van der Waals surface area contributed by atoms with Crippen molar-refractivity contribution in [2.75, 3.05) is 5.32 Å². The van der Waals surface area contributed by atoms with E-state index in [1.54, 1.807) is 24.4 Å². The maximum atomic E-state index is 11.8. The van der Waals surface area contributed by atoms with Crippen LogP contribution in [0.2, 0.25) is 0 Å². The van der Waals surface area contributed by atoms with Gasteiger partial charge in [-0.2, -0.15) is 10.5 Å². The van der Waals surface area contributed by atoms with E-state index < -0.39 is 17.7 Å². The molecule has 9 heteroatoms. The Bertz CT molecular complexity index is 1560. The van der Waals surface area contributed by atoms with Crippen LogP contribution < -0.4 is 5.32 Å². The summed E-state index contributed by atoms with van der Waals surface area (Å²) in [6, 6.07) is 14.6. The second-order valence-electron chi connectivity index (χ2n) is 9.28. The van der Waals surface area contributed by atoms with Gasteiger partial charge in [0.05, 0.1) is 27.7 Å². The van der Waals surface area contributed by atoms with Crippen LogP contribution >= 0.6 is 0 Å². The Morgan fingerprint density at radius 2 is 1.43 bits per heavy atom. The quantitative estimate of drug-likeness (QED) is 0.348. The van der Waals surface area contributed by atoms with Gasteiger partial charge in [-0.15, -0.1) is 0 Å². The lowest BCUT2D eigenvalue weighted by atomic mass is 10.1. The van der Waals surface area contributed by atoms with Crippen LogP contribution in [0.1, 0.15) is 56.1 Å². The Balaban J connectivity index is 0.000000213. The van der Waals surface area contributed by atoms with Crippen LogP contribution in [0.25, 0.3) is 21.8 Å². The van der Waals surface area contributed by atoms with Crippen LogP contribution in [0.3, 0.4) is 0 Å². The van der Waals surface area contributed by atoms with E-state index in [0.717, 1.165) is 28.4 Å². The van der Waals surface area contributed by atoms with Gasteiger partial charge in [0.25, 0.3) is 0 Å². The summed E-state index contributed by atoms with van der Waals surface area (Å²) in [7, 11) is 0. The average molecular weight is 500 g/mol. The number of nitriles is 2. The summed E-state index contributed by atoms with van der Waals surface area (Å²) in [5.74, 6) is -0.954. The van der Waals surface area contributed by atoms with Crippen molar-refractivity contribution >= 4 is 39.6 Å². The minimum absolute atomic E-state index is 0.241. The molecule has 0 atom stereocenters. The van der Waals surface area contributed by atoms with Crippen molar-refractivity contribution in [2.45, 2.75) is 53.3 Å². The number of hydrogen-bond acceptors (Lipinski definition) is 5. The minimum atomic E-state index is -0.954. The number of aryl methyl sites for hydroxylation is 2. The Morgan fingerprint density at radius 1 is 0.919 bits per heavy atom. The van der Waals surface area contributed by atoms with Crippen LogP contribution in [0.5, 0.6) is 0 Å². The number of carbonyl (C=O) groups is 2. The Kier molecular flexibility index (Phi) is 7.89. The number of carbonyl (C=O) groups excluding carboxylic acids is 1. The lowest BCUT2D eigenvalue weighted by Gasteiger charge is -2.19. The predicted octanol–water partition coefficient (Wildman–Crippen LogP) is 6.11. The summed E-state index contributed by atoms with van der Waals surface area (Å²) < 4.78 is 9.08. The third kappa shape index (κ3) is 6.09. The van der Waals surface area contributed by atoms with Crippen molar-refractivity contribution in [3.05, 3.63) is 65.5 Å². The Morgan fingerprint density at radius 3 is 1.89 bits per heavy atom. The highest BCUT2D eigenvalue weighted by Crippen LogP contribution is 2.25. The molecule has 2 aromatic carbocycles. The van der Waals surface area contributed by atoms with Crippen LogP contribution in [0.15, 0.2) is 48.8 Å². The molecule has 1 amide bonds. The van der Waals surface area contributed by atoms with E-state index in [0.29, 0.717) is 23.4 Å². The normalized spacial score (nSPS) is 10.8. The smallest absolute Gasteiger partial charge is 0.412 e. The van der Waals surface area contributed by atoms with Crippen molar-refractivity contribution < 1.29 is 19.4 Å². The van der Waals surface area contributed by atoms with Crippen LogP contribution in [0.4, 0.5) is 10.5 Å². The fourth-order valence-electron chi connectivity index (χ4n) is 3.92. The summed E-state index contributed by atoms with van der Waals surface area (Å²) >= 11 is 0. The van der Waals surface area contributed by atoms with E-state index in [2.05, 4.69) is 17.5 Å². The molecule has 0 unspecified atom stereocenters. The highest BCUT2D eigenvalue weighted by Gasteiger charge is 2.17. The second kappa shape index (κ2) is 10.9. The summed E-state index contributed by atoms with van der Waals surface area (Å²) in [4.78, 5) is 22.6. The van der Waals surface area contributed by atoms with Crippen molar-refractivity contribution in [1.29, 1.82) is 10.5 Å². The van der Waals surface area contributed by atoms with Gasteiger partial charge >= 0.3 is 12.1 Å². The van der Waals surface area contributed by atoms with Gasteiger partial charge in [-0.3, -0.25) is 5.32 Å². The molecule has 37 heavy (non-hydrogen) atoms. The number of carboxylic acids is 1. The molecule has 9 nitrogen and oxygen atoms in total. The molecule has 4 aromatic rings. The monoisotopic (exact) mass is 499 g/mol. The van der Waals surface area contributed by atoms with E-state index in [4.69, 9.17) is 20.4 Å². The van der Waals surface area contributed by atoms with Crippen molar-refractivity contribution in [2.24, 2.45) is 0 Å². The number of fused-ring (bicyclic) bond motifs is 2. The Hall–Kier alpha value is -4.76. The lowest BCUT2D eigenvalue weighted by molar-refractivity contribution is 0.0634. The maximum Gasteiger partial charge on any atom is 0.412 e. The zero-order valence-electron chi connectivity index (χ0n) is 21.5. The molecule has 0 aliphatic rings. The number of nitrogens with one attached hydrogen (secondary N) is 1. The molecule has 2 N–H and O–H groups in total. The number of carboxylic acid groups (broad SMARTS) is 1. The molecule has 2 heterocycles. The number of rotatable bonds is 4. The fraction of sp³-hybridized carbons (Fsp3) is 0.286. The number of aromatic carboxylic acids is 1. The van der Waals surface area contributed by atoms with Crippen molar-refractivity contribution in [1.82, 2.24) is 9.13 Å². The van der Waals surface area contributed by atoms with Crippen LogP contribution in [-0.2, 0) is 17.8 Å². The molecule has 0 bridgehead atoms. The maximum absolute atomic E-state index is 11.8. The first kappa shape index (κ1) is 26.8.